The van der Waals surface area contributed by atoms with E-state index in [1.54, 1.807) is 41.8 Å². The first-order valence-electron chi connectivity index (χ1n) is 8.36. The van der Waals surface area contributed by atoms with E-state index < -0.39 is 17.6 Å². The zero-order valence-electron chi connectivity index (χ0n) is 14.8. The Balaban J connectivity index is 1.48. The van der Waals surface area contributed by atoms with E-state index in [4.69, 9.17) is 4.74 Å². The van der Waals surface area contributed by atoms with Crippen LogP contribution in [-0.4, -0.2) is 18.4 Å². The van der Waals surface area contributed by atoms with Crippen LogP contribution in [-0.2, 0) is 11.0 Å². The van der Waals surface area contributed by atoms with Crippen molar-refractivity contribution in [1.29, 1.82) is 0 Å². The number of benzene rings is 2. The highest BCUT2D eigenvalue weighted by Gasteiger charge is 2.30. The average molecular weight is 420 g/mol. The maximum absolute atomic E-state index is 12.5. The molecule has 2 N–H and O–H groups in total. The van der Waals surface area contributed by atoms with Crippen molar-refractivity contribution in [3.63, 3.8) is 0 Å². The molecule has 1 heterocycles. The van der Waals surface area contributed by atoms with E-state index in [9.17, 15) is 22.8 Å². The first-order valence-corrected chi connectivity index (χ1v) is 9.24. The van der Waals surface area contributed by atoms with E-state index in [1.807, 2.05) is 0 Å². The number of ether oxygens (including phenoxy) is 1. The van der Waals surface area contributed by atoms with Crippen LogP contribution in [0, 0.1) is 0 Å². The molecular formula is C20H15F3N2O3S. The zero-order chi connectivity index (χ0) is 20.9. The van der Waals surface area contributed by atoms with E-state index in [-0.39, 0.29) is 18.3 Å². The monoisotopic (exact) mass is 420 g/mol. The van der Waals surface area contributed by atoms with Crippen molar-refractivity contribution in [2.75, 3.05) is 17.2 Å². The van der Waals surface area contributed by atoms with Gasteiger partial charge in [-0.2, -0.15) is 13.2 Å². The first kappa shape index (κ1) is 20.4. The van der Waals surface area contributed by atoms with Crippen LogP contribution < -0.4 is 15.4 Å². The minimum absolute atomic E-state index is 0.153. The van der Waals surface area contributed by atoms with Crippen LogP contribution in [0.5, 0.6) is 5.75 Å². The number of carbonyl (C=O) groups is 2. The summed E-state index contributed by atoms with van der Waals surface area (Å²) in [5.41, 5.74) is 0.267. The highest BCUT2D eigenvalue weighted by atomic mass is 32.1. The normalized spacial score (nSPS) is 11.0. The predicted octanol–water partition coefficient (Wildman–Crippen LogP) is 5.04. The smallest absolute Gasteiger partial charge is 0.416 e. The van der Waals surface area contributed by atoms with Gasteiger partial charge in [0.25, 0.3) is 11.8 Å². The molecule has 0 aliphatic rings. The molecule has 0 unspecified atom stereocenters. The third kappa shape index (κ3) is 5.82. The molecule has 150 valence electrons. The molecule has 0 fully saturated rings. The number of carbonyl (C=O) groups excluding carboxylic acids is 2. The highest BCUT2D eigenvalue weighted by molar-refractivity contribution is 7.12. The fourth-order valence-electron chi connectivity index (χ4n) is 2.32. The van der Waals surface area contributed by atoms with Crippen LogP contribution in [0.2, 0.25) is 0 Å². The molecule has 2 aromatic carbocycles. The molecule has 3 aromatic rings. The number of rotatable bonds is 6. The molecule has 0 saturated heterocycles. The standard InChI is InChI=1S/C20H15F3N2O3S/c21-20(22,23)13-3-9-16(10-4-13)28-12-18(26)24-14-5-7-15(8-6-14)25-19(27)17-2-1-11-29-17/h1-11H,12H2,(H,24,26)(H,25,27). The van der Waals surface area contributed by atoms with Gasteiger partial charge in [-0.15, -0.1) is 11.3 Å². The summed E-state index contributed by atoms with van der Waals surface area (Å²) in [5.74, 6) is -0.540. The van der Waals surface area contributed by atoms with E-state index in [1.165, 1.54) is 11.3 Å². The lowest BCUT2D eigenvalue weighted by molar-refractivity contribution is -0.137. The van der Waals surface area contributed by atoms with Crippen LogP contribution >= 0.6 is 11.3 Å². The van der Waals surface area contributed by atoms with Gasteiger partial charge in [0.15, 0.2) is 6.61 Å². The van der Waals surface area contributed by atoms with Crippen molar-refractivity contribution in [2.24, 2.45) is 0 Å². The second-order valence-corrected chi connectivity index (χ2v) is 6.82. The molecule has 0 aliphatic carbocycles. The Hall–Kier alpha value is -3.33. The molecule has 0 bridgehead atoms. The molecule has 0 aliphatic heterocycles. The second kappa shape index (κ2) is 8.78. The van der Waals surface area contributed by atoms with Crippen LogP contribution in [0.25, 0.3) is 0 Å². The summed E-state index contributed by atoms with van der Waals surface area (Å²) in [7, 11) is 0. The van der Waals surface area contributed by atoms with Crippen LogP contribution in [0.4, 0.5) is 24.5 Å². The zero-order valence-corrected chi connectivity index (χ0v) is 15.6. The number of amides is 2. The van der Waals surface area contributed by atoms with Crippen LogP contribution in [0.1, 0.15) is 15.2 Å². The topological polar surface area (TPSA) is 67.4 Å². The number of hydrogen-bond acceptors (Lipinski definition) is 4. The largest absolute Gasteiger partial charge is 0.484 e. The Morgan fingerprint density at radius 2 is 1.52 bits per heavy atom. The van der Waals surface area contributed by atoms with Crippen molar-refractivity contribution >= 4 is 34.5 Å². The summed E-state index contributed by atoms with van der Waals surface area (Å²) < 4.78 is 42.7. The first-order chi connectivity index (χ1) is 13.8. The second-order valence-electron chi connectivity index (χ2n) is 5.87. The van der Waals surface area contributed by atoms with Gasteiger partial charge in [-0.05, 0) is 60.0 Å². The molecule has 0 saturated carbocycles. The Morgan fingerprint density at radius 1 is 0.897 bits per heavy atom. The van der Waals surface area contributed by atoms with E-state index in [0.29, 0.717) is 16.3 Å². The fraction of sp³-hybridized carbons (Fsp3) is 0.100. The lowest BCUT2D eigenvalue weighted by atomic mass is 10.2. The van der Waals surface area contributed by atoms with E-state index in [2.05, 4.69) is 10.6 Å². The number of anilines is 2. The number of alkyl halides is 3. The predicted molar refractivity (Wildman–Crippen MR) is 104 cm³/mol. The lowest BCUT2D eigenvalue weighted by Crippen LogP contribution is -2.20. The van der Waals surface area contributed by atoms with Crippen molar-refractivity contribution < 1.29 is 27.5 Å². The van der Waals surface area contributed by atoms with Crippen LogP contribution in [0.3, 0.4) is 0 Å². The fourth-order valence-corrected chi connectivity index (χ4v) is 2.94. The quantitative estimate of drug-likeness (QED) is 0.587. The SMILES string of the molecule is O=C(COc1ccc(C(F)(F)F)cc1)Nc1ccc(NC(=O)c2cccs2)cc1. The summed E-state index contributed by atoms with van der Waals surface area (Å²) in [4.78, 5) is 24.5. The Morgan fingerprint density at radius 3 is 2.07 bits per heavy atom. The van der Waals surface area contributed by atoms with Gasteiger partial charge in [0.1, 0.15) is 5.75 Å². The maximum Gasteiger partial charge on any atom is 0.416 e. The summed E-state index contributed by atoms with van der Waals surface area (Å²) in [5, 5.41) is 7.15. The molecule has 1 aromatic heterocycles. The van der Waals surface area contributed by atoms with Crippen LogP contribution in [0.15, 0.2) is 66.0 Å². The van der Waals surface area contributed by atoms with Gasteiger partial charge in [0.05, 0.1) is 10.4 Å². The molecule has 2 amide bonds. The van der Waals surface area contributed by atoms with E-state index in [0.717, 1.165) is 24.3 Å². The van der Waals surface area contributed by atoms with Crippen molar-refractivity contribution in [1.82, 2.24) is 0 Å². The maximum atomic E-state index is 12.5. The van der Waals surface area contributed by atoms with Crippen molar-refractivity contribution in [3.05, 3.63) is 76.5 Å². The number of halogens is 3. The molecule has 5 nitrogen and oxygen atoms in total. The van der Waals surface area contributed by atoms with Crippen molar-refractivity contribution in [2.45, 2.75) is 6.18 Å². The lowest BCUT2D eigenvalue weighted by Gasteiger charge is -2.10. The van der Waals surface area contributed by atoms with Gasteiger partial charge in [-0.1, -0.05) is 6.07 Å². The summed E-state index contributed by atoms with van der Waals surface area (Å²) in [6, 6.07) is 14.1. The molecular weight excluding hydrogens is 405 g/mol. The minimum atomic E-state index is -4.43. The molecule has 9 heteroatoms. The van der Waals surface area contributed by atoms with Gasteiger partial charge in [-0.25, -0.2) is 0 Å². The number of nitrogens with one attached hydrogen (secondary N) is 2. The molecule has 0 radical (unpaired) electrons. The highest BCUT2D eigenvalue weighted by Crippen LogP contribution is 2.30. The van der Waals surface area contributed by atoms with Gasteiger partial charge < -0.3 is 15.4 Å². The number of hydrogen-bond donors (Lipinski definition) is 2. The summed E-state index contributed by atoms with van der Waals surface area (Å²) in [6.07, 6.45) is -4.43. The van der Waals surface area contributed by atoms with Gasteiger partial charge in [0.2, 0.25) is 0 Å². The third-order valence-electron chi connectivity index (χ3n) is 3.72. The molecule has 0 spiro atoms. The molecule has 0 atom stereocenters. The van der Waals surface area contributed by atoms with Gasteiger partial charge in [-0.3, -0.25) is 9.59 Å². The summed E-state index contributed by atoms with van der Waals surface area (Å²) in [6.45, 7) is -0.359. The van der Waals surface area contributed by atoms with E-state index >= 15 is 0 Å². The number of thiophene rings is 1. The molecule has 29 heavy (non-hydrogen) atoms. The average Bonchev–Trinajstić information content (AvgIpc) is 3.22. The third-order valence-corrected chi connectivity index (χ3v) is 4.59. The minimum Gasteiger partial charge on any atom is -0.484 e. The van der Waals surface area contributed by atoms with Gasteiger partial charge in [0, 0.05) is 11.4 Å². The van der Waals surface area contributed by atoms with Gasteiger partial charge >= 0.3 is 6.18 Å². The molecule has 3 rings (SSSR count). The Bertz CT molecular complexity index is 970. The van der Waals surface area contributed by atoms with Crippen molar-refractivity contribution in [3.8, 4) is 5.75 Å². The Labute approximate surface area is 168 Å². The Kier molecular flexibility index (Phi) is 6.18. The summed E-state index contributed by atoms with van der Waals surface area (Å²) >= 11 is 1.33.